The van der Waals surface area contributed by atoms with E-state index in [0.717, 1.165) is 85.9 Å². The molecule has 8 fully saturated rings. The maximum absolute atomic E-state index is 10.9. The van der Waals surface area contributed by atoms with E-state index in [1.807, 2.05) is 0 Å². The standard InChI is InChI=1S/2C24H40O3.Sr/c2*1-15(4-9-22(26)27)19-7-8-20-18-6-5-16-14-17(25)10-12-23(16,2)21(18)11-13-24(19,20)3;/h2*15-21,25H,4-14H2,1-3H3,(H,26,27);/q;;+2/p-2/t2*15-,16-,17-,18+,19-,20+,21?,23+,24-;/m11./s1. The van der Waals surface area contributed by atoms with Crippen LogP contribution in [0.25, 0.3) is 0 Å². The molecule has 0 heterocycles. The van der Waals surface area contributed by atoms with E-state index in [4.69, 9.17) is 0 Å². The summed E-state index contributed by atoms with van der Waals surface area (Å²) in [6.07, 6.45) is 24.3. The van der Waals surface area contributed by atoms with E-state index >= 15 is 0 Å². The first-order chi connectivity index (χ1) is 25.5. The van der Waals surface area contributed by atoms with Crippen molar-refractivity contribution in [3.8, 4) is 0 Å². The molecule has 55 heavy (non-hydrogen) atoms. The molecule has 0 radical (unpaired) electrons. The quantitative estimate of drug-likeness (QED) is 0.240. The van der Waals surface area contributed by atoms with Crippen molar-refractivity contribution in [2.45, 2.75) is 195 Å². The maximum Gasteiger partial charge on any atom is 2.00 e. The summed E-state index contributed by atoms with van der Waals surface area (Å²) in [6.45, 7) is 14.8. The number of carboxylic acids is 2. The summed E-state index contributed by atoms with van der Waals surface area (Å²) >= 11 is 0. The molecule has 0 amide bonds. The average molecular weight is 839 g/mol. The zero-order chi connectivity index (χ0) is 38.8. The number of rotatable bonds is 8. The number of aliphatic carboxylic acids is 2. The number of hydrogen-bond acceptors (Lipinski definition) is 6. The van der Waals surface area contributed by atoms with Gasteiger partial charge in [0.25, 0.3) is 0 Å². The minimum absolute atomic E-state index is 0. The van der Waals surface area contributed by atoms with Crippen molar-refractivity contribution in [2.24, 2.45) is 92.7 Å². The minimum atomic E-state index is -0.893. The second-order valence-electron chi connectivity index (χ2n) is 22.4. The number of carboxylic acid groups (broad SMARTS) is 2. The zero-order valence-corrected chi connectivity index (χ0v) is 39.3. The molecule has 8 aliphatic carbocycles. The Bertz CT molecular complexity index is 1260. The molecule has 0 bridgehead atoms. The molecule has 0 aromatic heterocycles. The molecule has 0 aromatic rings. The first-order valence-electron chi connectivity index (χ1n) is 23.3. The van der Waals surface area contributed by atoms with Gasteiger partial charge in [-0.3, -0.25) is 0 Å². The normalized spacial score (nSPS) is 49.5. The van der Waals surface area contributed by atoms with Crippen LogP contribution in [0.3, 0.4) is 0 Å². The molecule has 308 valence electrons. The number of aliphatic hydroxyl groups is 2. The van der Waals surface area contributed by atoms with Gasteiger partial charge in [-0.25, -0.2) is 0 Å². The van der Waals surface area contributed by atoms with Gasteiger partial charge in [0.1, 0.15) is 0 Å². The summed E-state index contributed by atoms with van der Waals surface area (Å²) < 4.78 is 0. The summed E-state index contributed by atoms with van der Waals surface area (Å²) in [6, 6.07) is 0. The molecule has 18 atom stereocenters. The van der Waals surface area contributed by atoms with Crippen LogP contribution in [0.2, 0.25) is 0 Å². The predicted octanol–water partition coefficient (Wildman–Crippen LogP) is 7.96. The van der Waals surface area contributed by atoms with E-state index in [1.54, 1.807) is 0 Å². The molecule has 8 rings (SSSR count). The summed E-state index contributed by atoms with van der Waals surface area (Å²) in [4.78, 5) is 21.9. The summed E-state index contributed by atoms with van der Waals surface area (Å²) in [7, 11) is 0. The van der Waals surface area contributed by atoms with Crippen LogP contribution in [0.5, 0.6) is 0 Å². The van der Waals surface area contributed by atoms with Crippen molar-refractivity contribution in [3.05, 3.63) is 0 Å². The third-order valence-electron chi connectivity index (χ3n) is 20.4. The Kier molecular flexibility index (Phi) is 14.2. The Morgan fingerprint density at radius 1 is 0.527 bits per heavy atom. The van der Waals surface area contributed by atoms with E-state index in [9.17, 15) is 30.0 Å². The molecule has 2 N–H and O–H groups in total. The van der Waals surface area contributed by atoms with Crippen molar-refractivity contribution >= 4 is 57.4 Å². The topological polar surface area (TPSA) is 121 Å². The fourth-order valence-corrected chi connectivity index (χ4v) is 17.5. The molecule has 0 aliphatic heterocycles. The Morgan fingerprint density at radius 2 is 0.873 bits per heavy atom. The summed E-state index contributed by atoms with van der Waals surface area (Å²) in [5.41, 5.74) is 1.71. The van der Waals surface area contributed by atoms with Gasteiger partial charge in [0.05, 0.1) is 12.2 Å². The Labute approximate surface area is 372 Å². The Hall–Kier alpha value is 0.341. The van der Waals surface area contributed by atoms with Crippen LogP contribution in [0, 0.1) is 92.7 Å². The molecular weight excluding hydrogens is 760 g/mol. The van der Waals surface area contributed by atoms with Gasteiger partial charge in [0.2, 0.25) is 0 Å². The second-order valence-corrected chi connectivity index (χ2v) is 22.4. The smallest absolute Gasteiger partial charge is 0.550 e. The summed E-state index contributed by atoms with van der Waals surface area (Å²) in [5.74, 6) is 7.09. The predicted molar refractivity (Wildman–Crippen MR) is 215 cm³/mol. The molecule has 8 saturated carbocycles. The molecule has 0 saturated heterocycles. The summed E-state index contributed by atoms with van der Waals surface area (Å²) in [5, 5.41) is 42.2. The van der Waals surface area contributed by atoms with Gasteiger partial charge in [-0.05, 0) is 234 Å². The van der Waals surface area contributed by atoms with Crippen LogP contribution in [0.4, 0.5) is 0 Å². The third kappa shape index (κ3) is 8.25. The van der Waals surface area contributed by atoms with Gasteiger partial charge in [0, 0.05) is 11.9 Å². The first-order valence-corrected chi connectivity index (χ1v) is 23.3. The van der Waals surface area contributed by atoms with Crippen molar-refractivity contribution in [1.29, 1.82) is 0 Å². The van der Waals surface area contributed by atoms with Crippen LogP contribution >= 0.6 is 0 Å². The van der Waals surface area contributed by atoms with Crippen LogP contribution in [-0.4, -0.2) is 79.8 Å². The van der Waals surface area contributed by atoms with Crippen molar-refractivity contribution in [2.75, 3.05) is 0 Å². The number of carbonyl (C=O) groups is 2. The number of aliphatic hydroxyl groups excluding tert-OH is 2. The molecular formula is C48H78O6Sr. The molecule has 7 heteroatoms. The SMILES string of the molecule is C[C@H](CCC(=O)[O-])[C@H]1CC[C@H]2[C@@H]3CC[C@@H]4C[C@H](O)CC[C@]4(C)C3CC[C@]12C.C[C@H](CCC(=O)[O-])[C@H]1CC[C@H]2[C@@H]3CC[C@@H]4C[C@H](O)CC[C@]4(C)C3CC[C@]12C.[Sr+2]. The molecule has 0 aromatic carbocycles. The monoisotopic (exact) mass is 838 g/mol. The minimum Gasteiger partial charge on any atom is -0.550 e. The van der Waals surface area contributed by atoms with Crippen LogP contribution in [0.1, 0.15) is 183 Å². The molecule has 0 spiro atoms. The number of hydrogen-bond donors (Lipinski definition) is 2. The van der Waals surface area contributed by atoms with Gasteiger partial charge >= 0.3 is 45.5 Å². The van der Waals surface area contributed by atoms with Gasteiger partial charge in [-0.1, -0.05) is 41.5 Å². The zero-order valence-electron chi connectivity index (χ0n) is 35.9. The van der Waals surface area contributed by atoms with Gasteiger partial charge in [0.15, 0.2) is 0 Å². The Morgan fingerprint density at radius 3 is 1.24 bits per heavy atom. The molecule has 2 unspecified atom stereocenters. The maximum atomic E-state index is 10.9. The van der Waals surface area contributed by atoms with E-state index in [2.05, 4.69) is 41.5 Å². The van der Waals surface area contributed by atoms with E-state index in [-0.39, 0.29) is 70.5 Å². The van der Waals surface area contributed by atoms with Gasteiger partial charge < -0.3 is 30.0 Å². The van der Waals surface area contributed by atoms with Crippen molar-refractivity contribution < 1.29 is 30.0 Å². The van der Waals surface area contributed by atoms with E-state index < -0.39 is 11.9 Å². The van der Waals surface area contributed by atoms with Crippen molar-refractivity contribution in [1.82, 2.24) is 0 Å². The first kappa shape index (κ1) is 44.9. The fourth-order valence-electron chi connectivity index (χ4n) is 17.5. The average Bonchev–Trinajstić information content (AvgIpc) is 3.67. The molecule has 6 nitrogen and oxygen atoms in total. The number of carbonyl (C=O) groups excluding carboxylic acids is 2. The number of fused-ring (bicyclic) bond motifs is 10. The van der Waals surface area contributed by atoms with Crippen molar-refractivity contribution in [3.63, 3.8) is 0 Å². The fraction of sp³-hybridized carbons (Fsp3) is 0.958. The van der Waals surface area contributed by atoms with Crippen LogP contribution in [0.15, 0.2) is 0 Å². The van der Waals surface area contributed by atoms with Crippen LogP contribution in [-0.2, 0) is 9.59 Å². The second kappa shape index (κ2) is 17.4. The molecule has 8 aliphatic rings. The van der Waals surface area contributed by atoms with Gasteiger partial charge in [-0.15, -0.1) is 0 Å². The van der Waals surface area contributed by atoms with E-state index in [0.29, 0.717) is 45.3 Å². The third-order valence-corrected chi connectivity index (χ3v) is 20.4. The largest absolute Gasteiger partial charge is 2.00 e. The van der Waals surface area contributed by atoms with Gasteiger partial charge in [-0.2, -0.15) is 0 Å². The Balaban J connectivity index is 0.000000184. The van der Waals surface area contributed by atoms with Crippen LogP contribution < -0.4 is 10.2 Å². The van der Waals surface area contributed by atoms with E-state index in [1.165, 1.54) is 89.9 Å².